The molecule has 29 heavy (non-hydrogen) atoms. The highest BCUT2D eigenvalue weighted by Crippen LogP contribution is 2.23. The molecule has 1 aliphatic rings. The van der Waals surface area contributed by atoms with Gasteiger partial charge in [-0.05, 0) is 23.1 Å². The van der Waals surface area contributed by atoms with Crippen LogP contribution in [0.15, 0.2) is 36.7 Å². The van der Waals surface area contributed by atoms with Crippen molar-refractivity contribution in [3.05, 3.63) is 48.0 Å². The molecule has 0 radical (unpaired) electrons. The van der Waals surface area contributed by atoms with E-state index in [1.165, 1.54) is 5.56 Å². The maximum absolute atomic E-state index is 12.6. The first-order valence-electron chi connectivity index (χ1n) is 10.6. The summed E-state index contributed by atoms with van der Waals surface area (Å²) >= 11 is 0. The zero-order valence-electron chi connectivity index (χ0n) is 18.5. The number of anilines is 1. The Balaban J connectivity index is 1.45. The largest absolute Gasteiger partial charge is 0.333 e. The average Bonchev–Trinajstić information content (AvgIpc) is 3.15. The third-order valence-corrected chi connectivity index (χ3v) is 5.58. The molecule has 1 aromatic heterocycles. The van der Waals surface area contributed by atoms with Crippen LogP contribution in [-0.2, 0) is 12.0 Å². The molecule has 0 spiro atoms. The second-order valence-electron chi connectivity index (χ2n) is 9.22. The van der Waals surface area contributed by atoms with Crippen LogP contribution in [0.5, 0.6) is 0 Å². The van der Waals surface area contributed by atoms with Gasteiger partial charge in [-0.3, -0.25) is 4.90 Å². The third kappa shape index (κ3) is 5.60. The van der Waals surface area contributed by atoms with Crippen LogP contribution in [0.1, 0.15) is 51.9 Å². The number of rotatable bonds is 5. The average molecular weight is 398 g/mol. The summed E-state index contributed by atoms with van der Waals surface area (Å²) in [7, 11) is 0. The molecule has 1 N–H and O–H groups in total. The Morgan fingerprint density at radius 3 is 2.31 bits per heavy atom. The van der Waals surface area contributed by atoms with Gasteiger partial charge in [0.25, 0.3) is 0 Å². The number of carbonyl (C=O) groups excluding carboxylic acids is 1. The van der Waals surface area contributed by atoms with Crippen LogP contribution in [0.25, 0.3) is 0 Å². The summed E-state index contributed by atoms with van der Waals surface area (Å²) in [5.41, 5.74) is 2.24. The van der Waals surface area contributed by atoms with Crippen LogP contribution >= 0.6 is 0 Å². The molecule has 1 aromatic carbocycles. The summed E-state index contributed by atoms with van der Waals surface area (Å²) in [4.78, 5) is 21.4. The highest BCUT2D eigenvalue weighted by Gasteiger charge is 2.21. The number of urea groups is 1. The number of aromatic nitrogens is 2. The summed E-state index contributed by atoms with van der Waals surface area (Å²) < 4.78 is 2.24. The SMILES string of the molecule is CC(C)c1nccn1CCN1CCN(C(=O)Nc2ccc(C(C)(C)C)cc2)CC1. The molecule has 0 atom stereocenters. The van der Waals surface area contributed by atoms with Crippen LogP contribution in [0, 0.1) is 0 Å². The second kappa shape index (κ2) is 8.99. The minimum Gasteiger partial charge on any atom is -0.333 e. The first kappa shape index (κ1) is 21.4. The van der Waals surface area contributed by atoms with E-state index in [2.05, 4.69) is 72.7 Å². The Morgan fingerprint density at radius 1 is 1.07 bits per heavy atom. The molecular weight excluding hydrogens is 362 g/mol. The van der Waals surface area contributed by atoms with Crippen molar-refractivity contribution in [3.63, 3.8) is 0 Å². The van der Waals surface area contributed by atoms with Crippen molar-refractivity contribution in [1.29, 1.82) is 0 Å². The molecule has 3 rings (SSSR count). The van der Waals surface area contributed by atoms with Gasteiger partial charge < -0.3 is 14.8 Å². The highest BCUT2D eigenvalue weighted by atomic mass is 16.2. The lowest BCUT2D eigenvalue weighted by molar-refractivity contribution is 0.144. The van der Waals surface area contributed by atoms with E-state index in [0.717, 1.165) is 50.8 Å². The predicted octanol–water partition coefficient (Wildman–Crippen LogP) is 4.15. The lowest BCUT2D eigenvalue weighted by atomic mass is 9.87. The lowest BCUT2D eigenvalue weighted by Crippen LogP contribution is -2.50. The molecule has 2 heterocycles. The summed E-state index contributed by atoms with van der Waals surface area (Å²) in [6.45, 7) is 16.2. The molecule has 2 aromatic rings. The Bertz CT molecular complexity index is 795. The topological polar surface area (TPSA) is 53.4 Å². The smallest absolute Gasteiger partial charge is 0.321 e. The first-order chi connectivity index (χ1) is 13.7. The number of carbonyl (C=O) groups is 1. The number of benzene rings is 1. The quantitative estimate of drug-likeness (QED) is 0.824. The number of nitrogens with zero attached hydrogens (tertiary/aromatic N) is 4. The summed E-state index contributed by atoms with van der Waals surface area (Å²) in [6, 6.07) is 8.16. The van der Waals surface area contributed by atoms with Gasteiger partial charge >= 0.3 is 6.03 Å². The normalized spacial score (nSPS) is 15.7. The minimum atomic E-state index is -0.00939. The van der Waals surface area contributed by atoms with E-state index in [4.69, 9.17) is 0 Å². The van der Waals surface area contributed by atoms with Gasteiger partial charge in [-0.1, -0.05) is 46.8 Å². The van der Waals surface area contributed by atoms with E-state index in [-0.39, 0.29) is 11.4 Å². The zero-order valence-corrected chi connectivity index (χ0v) is 18.5. The molecule has 0 aliphatic carbocycles. The lowest BCUT2D eigenvalue weighted by Gasteiger charge is -2.34. The van der Waals surface area contributed by atoms with E-state index in [9.17, 15) is 4.79 Å². The van der Waals surface area contributed by atoms with Crippen molar-refractivity contribution >= 4 is 11.7 Å². The van der Waals surface area contributed by atoms with Crippen LogP contribution in [0.2, 0.25) is 0 Å². The van der Waals surface area contributed by atoms with Crippen LogP contribution in [0.3, 0.4) is 0 Å². The fourth-order valence-electron chi connectivity index (χ4n) is 3.69. The molecular formula is C23H35N5O. The molecule has 0 saturated carbocycles. The van der Waals surface area contributed by atoms with E-state index >= 15 is 0 Å². The molecule has 2 amide bonds. The second-order valence-corrected chi connectivity index (χ2v) is 9.22. The van der Waals surface area contributed by atoms with Gasteiger partial charge in [0.05, 0.1) is 0 Å². The number of hydrogen-bond donors (Lipinski definition) is 1. The molecule has 1 fully saturated rings. The fraction of sp³-hybridized carbons (Fsp3) is 0.565. The van der Waals surface area contributed by atoms with Gasteiger partial charge in [-0.15, -0.1) is 0 Å². The number of piperazine rings is 1. The zero-order chi connectivity index (χ0) is 21.0. The van der Waals surface area contributed by atoms with E-state index in [1.807, 2.05) is 23.2 Å². The number of hydrogen-bond acceptors (Lipinski definition) is 3. The van der Waals surface area contributed by atoms with Gasteiger partial charge in [0.2, 0.25) is 0 Å². The van der Waals surface area contributed by atoms with Gasteiger partial charge in [-0.25, -0.2) is 9.78 Å². The van der Waals surface area contributed by atoms with Gasteiger partial charge in [0.1, 0.15) is 5.82 Å². The van der Waals surface area contributed by atoms with Crippen molar-refractivity contribution in [2.45, 2.75) is 52.5 Å². The summed E-state index contributed by atoms with van der Waals surface area (Å²) in [5.74, 6) is 1.57. The standard InChI is InChI=1S/C23H35N5O/c1-18(2)21-24-10-11-27(21)15-12-26-13-16-28(17-14-26)22(29)25-20-8-6-19(7-9-20)23(3,4)5/h6-11,18H,12-17H2,1-5H3,(H,25,29). The third-order valence-electron chi connectivity index (χ3n) is 5.58. The first-order valence-corrected chi connectivity index (χ1v) is 10.6. The van der Waals surface area contributed by atoms with Crippen molar-refractivity contribution in [2.75, 3.05) is 38.0 Å². The molecule has 0 unspecified atom stereocenters. The Kier molecular flexibility index (Phi) is 6.63. The monoisotopic (exact) mass is 397 g/mol. The van der Waals surface area contributed by atoms with Gasteiger partial charge in [0.15, 0.2) is 0 Å². The van der Waals surface area contributed by atoms with E-state index in [0.29, 0.717) is 5.92 Å². The molecule has 6 nitrogen and oxygen atoms in total. The van der Waals surface area contributed by atoms with E-state index < -0.39 is 0 Å². The molecule has 158 valence electrons. The fourth-order valence-corrected chi connectivity index (χ4v) is 3.69. The maximum atomic E-state index is 12.6. The number of amides is 2. The predicted molar refractivity (Wildman–Crippen MR) is 118 cm³/mol. The van der Waals surface area contributed by atoms with Crippen molar-refractivity contribution in [3.8, 4) is 0 Å². The highest BCUT2D eigenvalue weighted by molar-refractivity contribution is 5.89. The van der Waals surface area contributed by atoms with Crippen molar-refractivity contribution in [1.82, 2.24) is 19.4 Å². The molecule has 6 heteroatoms. The Labute approximate surface area is 174 Å². The van der Waals surface area contributed by atoms with Crippen LogP contribution < -0.4 is 5.32 Å². The Hall–Kier alpha value is -2.34. The Morgan fingerprint density at radius 2 is 1.72 bits per heavy atom. The molecule has 1 aliphatic heterocycles. The molecule has 1 saturated heterocycles. The van der Waals surface area contributed by atoms with E-state index in [1.54, 1.807) is 0 Å². The minimum absolute atomic E-state index is 0.00939. The summed E-state index contributed by atoms with van der Waals surface area (Å²) in [5, 5.41) is 3.04. The number of nitrogens with one attached hydrogen (secondary N) is 1. The maximum Gasteiger partial charge on any atom is 0.321 e. The number of imidazole rings is 1. The van der Waals surface area contributed by atoms with Gasteiger partial charge in [0, 0.05) is 63.3 Å². The molecule has 0 bridgehead atoms. The van der Waals surface area contributed by atoms with Crippen LogP contribution in [0.4, 0.5) is 10.5 Å². The van der Waals surface area contributed by atoms with Gasteiger partial charge in [-0.2, -0.15) is 0 Å². The summed E-state index contributed by atoms with van der Waals surface area (Å²) in [6.07, 6.45) is 3.94. The van der Waals surface area contributed by atoms with Crippen molar-refractivity contribution < 1.29 is 4.79 Å². The van der Waals surface area contributed by atoms with Crippen molar-refractivity contribution in [2.24, 2.45) is 0 Å². The van der Waals surface area contributed by atoms with Crippen LogP contribution in [-0.4, -0.2) is 58.1 Å².